The summed E-state index contributed by atoms with van der Waals surface area (Å²) in [6.07, 6.45) is 0.240. The third-order valence-electron chi connectivity index (χ3n) is 3.89. The van der Waals surface area contributed by atoms with Gasteiger partial charge in [0.2, 0.25) is 11.8 Å². The van der Waals surface area contributed by atoms with Crippen LogP contribution in [0.5, 0.6) is 0 Å². The molecular weight excluding hydrogens is 317 g/mol. The predicted molar refractivity (Wildman–Crippen MR) is 86.5 cm³/mol. The van der Waals surface area contributed by atoms with Gasteiger partial charge in [0, 0.05) is 25.1 Å². The Kier molecular flexibility index (Phi) is 4.38. The van der Waals surface area contributed by atoms with Gasteiger partial charge in [-0.05, 0) is 31.2 Å². The van der Waals surface area contributed by atoms with Gasteiger partial charge in [0.15, 0.2) is 0 Å². The largest absolute Gasteiger partial charge is 0.342 e. The summed E-state index contributed by atoms with van der Waals surface area (Å²) in [6.45, 7) is 2.96. The van der Waals surface area contributed by atoms with Crippen LogP contribution in [-0.2, 0) is 9.59 Å². The van der Waals surface area contributed by atoms with Crippen molar-refractivity contribution in [1.82, 2.24) is 9.88 Å². The zero-order valence-electron chi connectivity index (χ0n) is 12.6. The number of nitrogens with zero attached hydrogens (tertiary/aromatic N) is 2. The summed E-state index contributed by atoms with van der Waals surface area (Å²) in [7, 11) is 0. The number of likely N-dealkylation sites (tertiary alicyclic amines) is 1. The number of benzene rings is 1. The van der Waals surface area contributed by atoms with Gasteiger partial charge in [-0.2, -0.15) is 0 Å². The van der Waals surface area contributed by atoms with Crippen LogP contribution >= 0.6 is 11.3 Å². The molecule has 1 aromatic carbocycles. The van der Waals surface area contributed by atoms with E-state index >= 15 is 0 Å². The second kappa shape index (κ2) is 6.45. The number of halogens is 1. The summed E-state index contributed by atoms with van der Waals surface area (Å²) in [5.41, 5.74) is 2.98. The molecule has 3 rings (SSSR count). The molecule has 1 atom stereocenters. The first-order valence-electron chi connectivity index (χ1n) is 7.36. The van der Waals surface area contributed by atoms with Gasteiger partial charge in [0.1, 0.15) is 16.5 Å². The predicted octanol–water partition coefficient (Wildman–Crippen LogP) is 2.76. The van der Waals surface area contributed by atoms with Crippen molar-refractivity contribution >= 4 is 28.2 Å². The molecular formula is C16H16FN3O2S. The highest BCUT2D eigenvalue weighted by Crippen LogP contribution is 2.31. The van der Waals surface area contributed by atoms with Crippen LogP contribution < -0.4 is 5.32 Å². The van der Waals surface area contributed by atoms with Crippen LogP contribution in [0.2, 0.25) is 0 Å². The summed E-state index contributed by atoms with van der Waals surface area (Å²) >= 11 is 1.31. The number of carbonyl (C=O) groups excluding carboxylic acids is 2. The number of thiazole rings is 1. The average Bonchev–Trinajstić information content (AvgIpc) is 3.14. The Morgan fingerprint density at radius 1 is 1.43 bits per heavy atom. The summed E-state index contributed by atoms with van der Waals surface area (Å²) in [4.78, 5) is 30.1. The summed E-state index contributed by atoms with van der Waals surface area (Å²) in [5.74, 6) is -0.832. The molecule has 7 heteroatoms. The average molecular weight is 333 g/mol. The van der Waals surface area contributed by atoms with Crippen LogP contribution in [0.25, 0.3) is 11.3 Å². The van der Waals surface area contributed by atoms with E-state index in [2.05, 4.69) is 10.3 Å². The maximum Gasteiger partial charge on any atom is 0.230 e. The fourth-order valence-electron chi connectivity index (χ4n) is 2.62. The second-order valence-electron chi connectivity index (χ2n) is 5.36. The van der Waals surface area contributed by atoms with E-state index in [0.717, 1.165) is 5.56 Å². The molecule has 1 aliphatic heterocycles. The van der Waals surface area contributed by atoms with E-state index in [1.807, 2.05) is 6.92 Å². The van der Waals surface area contributed by atoms with Gasteiger partial charge < -0.3 is 10.2 Å². The summed E-state index contributed by atoms with van der Waals surface area (Å²) in [6, 6.07) is 5.96. The minimum atomic E-state index is -0.342. The highest BCUT2D eigenvalue weighted by molar-refractivity contribution is 7.14. The van der Waals surface area contributed by atoms with Crippen LogP contribution in [-0.4, -0.2) is 34.8 Å². The maximum absolute atomic E-state index is 13.0. The number of nitrogens with one attached hydrogen (secondary N) is 1. The van der Waals surface area contributed by atoms with Crippen molar-refractivity contribution in [2.75, 3.05) is 18.4 Å². The fraction of sp³-hybridized carbons (Fsp3) is 0.312. The Labute approximate surface area is 137 Å². The molecule has 2 amide bonds. The van der Waals surface area contributed by atoms with E-state index in [0.29, 0.717) is 23.8 Å². The Morgan fingerprint density at radius 2 is 2.17 bits per heavy atom. The molecule has 1 aliphatic rings. The van der Waals surface area contributed by atoms with Crippen LogP contribution in [0.15, 0.2) is 29.8 Å². The van der Waals surface area contributed by atoms with Crippen LogP contribution in [0, 0.1) is 11.7 Å². The Hall–Kier alpha value is -2.28. The third-order valence-corrected chi connectivity index (χ3v) is 4.63. The molecule has 0 saturated carbocycles. The zero-order chi connectivity index (χ0) is 16.4. The number of rotatable bonds is 4. The number of carbonyl (C=O) groups is 2. The van der Waals surface area contributed by atoms with Crippen LogP contribution in [0.4, 0.5) is 9.39 Å². The van der Waals surface area contributed by atoms with Crippen LogP contribution in [0.3, 0.4) is 0 Å². The van der Waals surface area contributed by atoms with Crippen molar-refractivity contribution in [3.8, 4) is 11.3 Å². The highest BCUT2D eigenvalue weighted by atomic mass is 32.1. The molecule has 1 fully saturated rings. The van der Waals surface area contributed by atoms with Crippen molar-refractivity contribution in [2.45, 2.75) is 13.3 Å². The topological polar surface area (TPSA) is 62.3 Å². The van der Waals surface area contributed by atoms with Crippen molar-refractivity contribution in [3.63, 3.8) is 0 Å². The SMILES string of the molecule is CCN1CC(C(=O)Nc2scnc2-c2ccc(F)cc2)CC1=O. The second-order valence-corrected chi connectivity index (χ2v) is 6.21. The monoisotopic (exact) mass is 333 g/mol. The molecule has 5 nitrogen and oxygen atoms in total. The van der Waals surface area contributed by atoms with E-state index in [9.17, 15) is 14.0 Å². The Bertz CT molecular complexity index is 729. The zero-order valence-corrected chi connectivity index (χ0v) is 13.4. The quantitative estimate of drug-likeness (QED) is 0.936. The number of anilines is 1. The highest BCUT2D eigenvalue weighted by Gasteiger charge is 2.33. The van der Waals surface area contributed by atoms with E-state index < -0.39 is 0 Å². The van der Waals surface area contributed by atoms with Gasteiger partial charge in [0.25, 0.3) is 0 Å². The normalized spacial score (nSPS) is 17.6. The van der Waals surface area contributed by atoms with Gasteiger partial charge in [-0.3, -0.25) is 9.59 Å². The smallest absolute Gasteiger partial charge is 0.230 e. The number of amides is 2. The van der Waals surface area contributed by atoms with Gasteiger partial charge in [-0.1, -0.05) is 0 Å². The lowest BCUT2D eigenvalue weighted by molar-refractivity contribution is -0.128. The van der Waals surface area contributed by atoms with Crippen molar-refractivity contribution < 1.29 is 14.0 Å². The maximum atomic E-state index is 13.0. The van der Waals surface area contributed by atoms with Gasteiger partial charge in [-0.25, -0.2) is 9.37 Å². The van der Waals surface area contributed by atoms with Gasteiger partial charge in [-0.15, -0.1) is 11.3 Å². The lowest BCUT2D eigenvalue weighted by atomic mass is 10.1. The van der Waals surface area contributed by atoms with Crippen molar-refractivity contribution in [3.05, 3.63) is 35.6 Å². The molecule has 1 saturated heterocycles. The van der Waals surface area contributed by atoms with E-state index in [1.165, 1.54) is 23.5 Å². The summed E-state index contributed by atoms with van der Waals surface area (Å²) < 4.78 is 13.0. The first kappa shape index (κ1) is 15.6. The molecule has 120 valence electrons. The molecule has 0 spiro atoms. The van der Waals surface area contributed by atoms with Crippen molar-refractivity contribution in [1.29, 1.82) is 0 Å². The molecule has 2 aromatic rings. The lowest BCUT2D eigenvalue weighted by Gasteiger charge is -2.13. The standard InChI is InChI=1S/C16H16FN3O2S/c1-2-20-8-11(7-13(20)21)15(22)19-16-14(18-9-23-16)10-3-5-12(17)6-4-10/h3-6,9,11H,2,7-8H2,1H3,(H,19,22). The molecule has 1 unspecified atom stereocenters. The molecule has 23 heavy (non-hydrogen) atoms. The van der Waals surface area contributed by atoms with E-state index in [1.54, 1.807) is 22.5 Å². The number of hydrogen-bond acceptors (Lipinski definition) is 4. The molecule has 0 radical (unpaired) electrons. The van der Waals surface area contributed by atoms with Gasteiger partial charge >= 0.3 is 0 Å². The molecule has 1 N–H and O–H groups in total. The number of hydrogen-bond donors (Lipinski definition) is 1. The molecule has 1 aromatic heterocycles. The first-order valence-corrected chi connectivity index (χ1v) is 8.24. The van der Waals surface area contributed by atoms with Crippen molar-refractivity contribution in [2.24, 2.45) is 5.92 Å². The molecule has 2 heterocycles. The number of aromatic nitrogens is 1. The summed E-state index contributed by atoms with van der Waals surface area (Å²) in [5, 5.41) is 3.47. The molecule has 0 aliphatic carbocycles. The van der Waals surface area contributed by atoms with Crippen LogP contribution in [0.1, 0.15) is 13.3 Å². The van der Waals surface area contributed by atoms with Gasteiger partial charge in [0.05, 0.1) is 11.4 Å². The van der Waals surface area contributed by atoms with E-state index in [-0.39, 0.29) is 30.0 Å². The fourth-order valence-corrected chi connectivity index (χ4v) is 3.32. The minimum Gasteiger partial charge on any atom is -0.342 e. The Morgan fingerprint density at radius 3 is 2.83 bits per heavy atom. The van der Waals surface area contributed by atoms with E-state index in [4.69, 9.17) is 0 Å². The first-order chi connectivity index (χ1) is 11.1. The lowest BCUT2D eigenvalue weighted by Crippen LogP contribution is -2.28. The molecule has 0 bridgehead atoms. The Balaban J connectivity index is 1.74. The minimum absolute atomic E-state index is 0.00992. The third kappa shape index (κ3) is 3.24.